The largest absolute Gasteiger partial charge is 0.356 e. The molecule has 0 saturated heterocycles. The normalized spacial score (nSPS) is 10.9. The van der Waals surface area contributed by atoms with Gasteiger partial charge in [0.1, 0.15) is 5.82 Å². The summed E-state index contributed by atoms with van der Waals surface area (Å²) in [7, 11) is 2.03. The lowest BCUT2D eigenvalue weighted by molar-refractivity contribution is -0.120. The summed E-state index contributed by atoms with van der Waals surface area (Å²) in [4.78, 5) is 16.6. The zero-order valence-electron chi connectivity index (χ0n) is 13.6. The summed E-state index contributed by atoms with van der Waals surface area (Å²) in [6.45, 7) is 0.648. The van der Waals surface area contributed by atoms with E-state index >= 15 is 0 Å². The van der Waals surface area contributed by atoms with Gasteiger partial charge in [0.15, 0.2) is 0 Å². The zero-order valence-corrected chi connectivity index (χ0v) is 14.4. The molecule has 4 nitrogen and oxygen atoms in total. The molecule has 0 unspecified atom stereocenters. The molecule has 1 heterocycles. The van der Waals surface area contributed by atoms with Gasteiger partial charge in [-0.25, -0.2) is 4.98 Å². The van der Waals surface area contributed by atoms with E-state index in [2.05, 4.69) is 20.9 Å². The second kappa shape index (κ2) is 7.49. The average Bonchev–Trinajstić information content (AvgIpc) is 2.90. The van der Waals surface area contributed by atoms with Gasteiger partial charge in [-0.2, -0.15) is 0 Å². The van der Waals surface area contributed by atoms with Crippen molar-refractivity contribution < 1.29 is 4.79 Å². The van der Waals surface area contributed by atoms with Crippen LogP contribution in [-0.2, 0) is 24.7 Å². The number of hydrogen-bond acceptors (Lipinski definition) is 2. The molecule has 0 aliphatic rings. The molecule has 0 atom stereocenters. The van der Waals surface area contributed by atoms with Crippen molar-refractivity contribution in [2.45, 2.75) is 19.3 Å². The molecule has 24 heavy (non-hydrogen) atoms. The average molecular weight is 342 g/mol. The fourth-order valence-corrected chi connectivity index (χ4v) is 2.87. The molecular formula is C19H20ClN3O. The van der Waals surface area contributed by atoms with Gasteiger partial charge in [0.25, 0.3) is 0 Å². The van der Waals surface area contributed by atoms with E-state index in [1.54, 1.807) is 12.1 Å². The molecule has 124 valence electrons. The van der Waals surface area contributed by atoms with E-state index in [0.29, 0.717) is 18.0 Å². The minimum absolute atomic E-state index is 0.0299. The number of imidazole rings is 1. The highest BCUT2D eigenvalue weighted by atomic mass is 35.5. The Labute approximate surface area is 146 Å². The lowest BCUT2D eigenvalue weighted by atomic mass is 10.1. The van der Waals surface area contributed by atoms with Gasteiger partial charge in [0.05, 0.1) is 17.5 Å². The number of nitrogens with one attached hydrogen (secondary N) is 1. The quantitative estimate of drug-likeness (QED) is 0.697. The van der Waals surface area contributed by atoms with Gasteiger partial charge >= 0.3 is 0 Å². The molecule has 0 aliphatic carbocycles. The fraction of sp³-hybridized carbons (Fsp3) is 0.263. The van der Waals surface area contributed by atoms with Crippen LogP contribution in [-0.4, -0.2) is 22.0 Å². The maximum atomic E-state index is 12.0. The molecule has 3 aromatic rings. The summed E-state index contributed by atoms with van der Waals surface area (Å²) in [6, 6.07) is 15.5. The van der Waals surface area contributed by atoms with Crippen LogP contribution in [0.4, 0.5) is 0 Å². The smallest absolute Gasteiger partial charge is 0.224 e. The van der Waals surface area contributed by atoms with Crippen LogP contribution < -0.4 is 5.32 Å². The molecule has 0 fully saturated rings. The van der Waals surface area contributed by atoms with Crippen LogP contribution in [0.1, 0.15) is 17.8 Å². The first-order chi connectivity index (χ1) is 11.6. The third-order valence-electron chi connectivity index (χ3n) is 4.06. The van der Waals surface area contributed by atoms with Crippen molar-refractivity contribution in [3.05, 3.63) is 64.9 Å². The summed E-state index contributed by atoms with van der Waals surface area (Å²) in [5.41, 5.74) is 3.12. The standard InChI is InChI=1S/C19H20ClN3O/c1-23-17-6-3-2-5-16(17)22-18(23)7-4-12-21-19(24)13-14-8-10-15(20)11-9-14/h2-3,5-6,8-11H,4,7,12-13H2,1H3,(H,21,24). The van der Waals surface area contributed by atoms with E-state index in [4.69, 9.17) is 11.6 Å². The number of aryl methyl sites for hydroxylation is 2. The second-order valence-electron chi connectivity index (χ2n) is 5.83. The van der Waals surface area contributed by atoms with Crippen LogP contribution in [0.25, 0.3) is 11.0 Å². The molecule has 1 N–H and O–H groups in total. The number of para-hydroxylation sites is 2. The summed E-state index contributed by atoms with van der Waals surface area (Å²) in [5.74, 6) is 1.07. The van der Waals surface area contributed by atoms with Crippen molar-refractivity contribution in [2.24, 2.45) is 7.05 Å². The highest BCUT2D eigenvalue weighted by Crippen LogP contribution is 2.15. The van der Waals surface area contributed by atoms with E-state index in [0.717, 1.165) is 35.3 Å². The molecule has 0 spiro atoms. The first kappa shape index (κ1) is 16.5. The Morgan fingerprint density at radius 2 is 1.92 bits per heavy atom. The van der Waals surface area contributed by atoms with E-state index < -0.39 is 0 Å². The first-order valence-corrected chi connectivity index (χ1v) is 8.43. The van der Waals surface area contributed by atoms with Crippen LogP contribution >= 0.6 is 11.6 Å². The van der Waals surface area contributed by atoms with Crippen LogP contribution in [0.2, 0.25) is 5.02 Å². The number of amides is 1. The van der Waals surface area contributed by atoms with Gasteiger partial charge in [0, 0.05) is 25.0 Å². The molecule has 2 aromatic carbocycles. The summed E-state index contributed by atoms with van der Waals surface area (Å²) < 4.78 is 2.12. The Kier molecular flexibility index (Phi) is 5.16. The number of carbonyl (C=O) groups excluding carboxylic acids is 1. The third-order valence-corrected chi connectivity index (χ3v) is 4.31. The van der Waals surface area contributed by atoms with Crippen molar-refractivity contribution in [1.82, 2.24) is 14.9 Å². The van der Waals surface area contributed by atoms with Crippen LogP contribution in [0, 0.1) is 0 Å². The number of rotatable bonds is 6. The zero-order chi connectivity index (χ0) is 16.9. The van der Waals surface area contributed by atoms with Gasteiger partial charge in [0.2, 0.25) is 5.91 Å². The Hall–Kier alpha value is -2.33. The van der Waals surface area contributed by atoms with Crippen LogP contribution in [0.15, 0.2) is 48.5 Å². The second-order valence-corrected chi connectivity index (χ2v) is 6.27. The van der Waals surface area contributed by atoms with Crippen molar-refractivity contribution >= 4 is 28.5 Å². The molecule has 1 amide bonds. The van der Waals surface area contributed by atoms with Crippen molar-refractivity contribution in [2.75, 3.05) is 6.54 Å². The lowest BCUT2D eigenvalue weighted by Crippen LogP contribution is -2.26. The lowest BCUT2D eigenvalue weighted by Gasteiger charge is -2.06. The van der Waals surface area contributed by atoms with Crippen LogP contribution in [0.3, 0.4) is 0 Å². The predicted molar refractivity (Wildman–Crippen MR) is 97.2 cm³/mol. The predicted octanol–water partition coefficient (Wildman–Crippen LogP) is 3.52. The van der Waals surface area contributed by atoms with Crippen LogP contribution in [0.5, 0.6) is 0 Å². The number of fused-ring (bicyclic) bond motifs is 1. The molecular weight excluding hydrogens is 322 g/mol. The summed E-state index contributed by atoms with van der Waals surface area (Å²) in [5, 5.41) is 3.64. The number of benzene rings is 2. The van der Waals surface area contributed by atoms with Crippen molar-refractivity contribution in [1.29, 1.82) is 0 Å². The highest BCUT2D eigenvalue weighted by Gasteiger charge is 2.07. The fourth-order valence-electron chi connectivity index (χ4n) is 2.74. The maximum Gasteiger partial charge on any atom is 0.224 e. The molecule has 3 rings (SSSR count). The van der Waals surface area contributed by atoms with Crippen molar-refractivity contribution in [3.8, 4) is 0 Å². The van der Waals surface area contributed by atoms with Crippen molar-refractivity contribution in [3.63, 3.8) is 0 Å². The number of nitrogens with zero attached hydrogens (tertiary/aromatic N) is 2. The molecule has 0 radical (unpaired) electrons. The Balaban J connectivity index is 1.47. The summed E-state index contributed by atoms with van der Waals surface area (Å²) in [6.07, 6.45) is 2.08. The number of halogens is 1. The van der Waals surface area contributed by atoms with Gasteiger partial charge in [-0.05, 0) is 36.2 Å². The Morgan fingerprint density at radius 1 is 1.17 bits per heavy atom. The third kappa shape index (κ3) is 3.95. The monoisotopic (exact) mass is 341 g/mol. The van der Waals surface area contributed by atoms with Gasteiger partial charge in [-0.1, -0.05) is 35.9 Å². The van der Waals surface area contributed by atoms with E-state index in [1.165, 1.54) is 0 Å². The molecule has 0 saturated carbocycles. The topological polar surface area (TPSA) is 46.9 Å². The minimum Gasteiger partial charge on any atom is -0.356 e. The Bertz CT molecular complexity index is 839. The first-order valence-electron chi connectivity index (χ1n) is 8.05. The van der Waals surface area contributed by atoms with Gasteiger partial charge in [-0.15, -0.1) is 0 Å². The summed E-state index contributed by atoms with van der Waals surface area (Å²) >= 11 is 5.84. The highest BCUT2D eigenvalue weighted by molar-refractivity contribution is 6.30. The van der Waals surface area contributed by atoms with E-state index in [-0.39, 0.29) is 5.91 Å². The van der Waals surface area contributed by atoms with E-state index in [1.807, 2.05) is 37.4 Å². The van der Waals surface area contributed by atoms with Gasteiger partial charge in [-0.3, -0.25) is 4.79 Å². The minimum atomic E-state index is 0.0299. The Morgan fingerprint density at radius 3 is 2.67 bits per heavy atom. The number of hydrogen-bond donors (Lipinski definition) is 1. The van der Waals surface area contributed by atoms with Gasteiger partial charge < -0.3 is 9.88 Å². The maximum absolute atomic E-state index is 12.0. The SMILES string of the molecule is Cn1c(CCCNC(=O)Cc2ccc(Cl)cc2)nc2ccccc21. The molecule has 0 bridgehead atoms. The number of aromatic nitrogens is 2. The molecule has 0 aliphatic heterocycles. The van der Waals surface area contributed by atoms with E-state index in [9.17, 15) is 4.79 Å². The number of carbonyl (C=O) groups is 1. The molecule has 1 aromatic heterocycles. The molecule has 5 heteroatoms.